The van der Waals surface area contributed by atoms with Gasteiger partial charge < -0.3 is 20.5 Å². The van der Waals surface area contributed by atoms with Gasteiger partial charge in [0, 0.05) is 31.3 Å². The van der Waals surface area contributed by atoms with Crippen molar-refractivity contribution in [3.8, 4) is 0 Å². The highest BCUT2D eigenvalue weighted by molar-refractivity contribution is 7.89. The Labute approximate surface area is 198 Å². The first-order valence-electron chi connectivity index (χ1n) is 10.6. The number of nitrogens with one attached hydrogen (secondary N) is 2. The van der Waals surface area contributed by atoms with Gasteiger partial charge in [-0.25, -0.2) is 8.42 Å². The lowest BCUT2D eigenvalue weighted by molar-refractivity contribution is -0.150. The minimum absolute atomic E-state index is 0.0143. The topological polar surface area (TPSA) is 142 Å². The van der Waals surface area contributed by atoms with Crippen molar-refractivity contribution in [2.24, 2.45) is 0 Å². The first-order chi connectivity index (χ1) is 16.0. The summed E-state index contributed by atoms with van der Waals surface area (Å²) in [6.07, 6.45) is -1.17. The van der Waals surface area contributed by atoms with Crippen LogP contribution in [0, 0.1) is 13.8 Å². The van der Waals surface area contributed by atoms with Gasteiger partial charge in [-0.1, -0.05) is 6.07 Å². The van der Waals surface area contributed by atoms with Crippen molar-refractivity contribution in [3.63, 3.8) is 0 Å². The van der Waals surface area contributed by atoms with E-state index in [1.807, 2.05) is 6.92 Å². The van der Waals surface area contributed by atoms with Crippen molar-refractivity contribution in [1.29, 1.82) is 0 Å². The van der Waals surface area contributed by atoms with E-state index in [9.17, 15) is 27.9 Å². The summed E-state index contributed by atoms with van der Waals surface area (Å²) >= 11 is 0. The van der Waals surface area contributed by atoms with Gasteiger partial charge in [0.15, 0.2) is 6.61 Å². The Balaban J connectivity index is 1.64. The maximum absolute atomic E-state index is 13.1. The van der Waals surface area contributed by atoms with E-state index >= 15 is 0 Å². The number of nitrogens with zero attached hydrogens (tertiary/aromatic N) is 1. The summed E-state index contributed by atoms with van der Waals surface area (Å²) in [5, 5.41) is 15.1. The van der Waals surface area contributed by atoms with Crippen LogP contribution in [-0.2, 0) is 24.3 Å². The van der Waals surface area contributed by atoms with Crippen LogP contribution in [0.1, 0.15) is 27.9 Å². The van der Waals surface area contributed by atoms with E-state index in [4.69, 9.17) is 4.74 Å². The summed E-state index contributed by atoms with van der Waals surface area (Å²) in [4.78, 5) is 36.4. The zero-order valence-electron chi connectivity index (χ0n) is 19.1. The number of carbonyl (C=O) groups is 3. The largest absolute Gasteiger partial charge is 0.454 e. The average Bonchev–Trinajstić information content (AvgIpc) is 3.21. The molecule has 182 valence electrons. The van der Waals surface area contributed by atoms with Gasteiger partial charge in [-0.05, 0) is 61.4 Å². The summed E-state index contributed by atoms with van der Waals surface area (Å²) in [6.45, 7) is 2.75. The standard InChI is InChI=1S/C23H27N3O7S/c1-14-4-9-19(10-15(14)2)34(31,32)26-12-18(27)11-20(26)23(30)33-13-21(28)25-17-7-5-16(6-8-17)22(29)24-3/h4-10,18,20,27H,11-13H2,1-3H3,(H,24,29)(H,25,28)/t18?,20-/m0/s1. The van der Waals surface area contributed by atoms with Crippen LogP contribution < -0.4 is 10.6 Å². The molecule has 1 heterocycles. The molecular formula is C23H27N3O7S. The molecular weight excluding hydrogens is 462 g/mol. The number of hydrogen-bond donors (Lipinski definition) is 3. The zero-order valence-corrected chi connectivity index (χ0v) is 19.9. The lowest BCUT2D eigenvalue weighted by atomic mass is 10.1. The van der Waals surface area contributed by atoms with Crippen molar-refractivity contribution in [2.75, 3.05) is 25.5 Å². The Bertz CT molecular complexity index is 1200. The maximum Gasteiger partial charge on any atom is 0.325 e. The van der Waals surface area contributed by atoms with Crippen molar-refractivity contribution < 1.29 is 32.6 Å². The van der Waals surface area contributed by atoms with Gasteiger partial charge >= 0.3 is 5.97 Å². The number of amides is 2. The van der Waals surface area contributed by atoms with Crippen LogP contribution in [-0.4, -0.2) is 68.0 Å². The zero-order chi connectivity index (χ0) is 25.0. The molecule has 2 aromatic rings. The van der Waals surface area contributed by atoms with E-state index in [0.29, 0.717) is 11.3 Å². The van der Waals surface area contributed by atoms with Gasteiger partial charge in [0.25, 0.3) is 11.8 Å². The van der Waals surface area contributed by atoms with Crippen molar-refractivity contribution >= 4 is 33.5 Å². The van der Waals surface area contributed by atoms with Gasteiger partial charge in [-0.3, -0.25) is 14.4 Å². The number of ether oxygens (including phenoxy) is 1. The van der Waals surface area contributed by atoms with Gasteiger partial charge in [0.1, 0.15) is 6.04 Å². The second-order valence-corrected chi connectivity index (χ2v) is 9.93. The van der Waals surface area contributed by atoms with Crippen LogP contribution in [0.4, 0.5) is 5.69 Å². The number of benzene rings is 2. The molecule has 0 spiro atoms. The number of aryl methyl sites for hydroxylation is 2. The minimum Gasteiger partial charge on any atom is -0.454 e. The van der Waals surface area contributed by atoms with Crippen LogP contribution in [0.2, 0.25) is 0 Å². The summed E-state index contributed by atoms with van der Waals surface area (Å²) < 4.78 is 32.2. The van der Waals surface area contributed by atoms with Crippen LogP contribution in [0.3, 0.4) is 0 Å². The fraction of sp³-hybridized carbons (Fsp3) is 0.348. The third-order valence-corrected chi connectivity index (χ3v) is 7.46. The van der Waals surface area contributed by atoms with E-state index < -0.39 is 40.7 Å². The molecule has 0 saturated carbocycles. The monoisotopic (exact) mass is 489 g/mol. The molecule has 2 amide bonds. The number of carbonyl (C=O) groups excluding carboxylic acids is 3. The fourth-order valence-electron chi connectivity index (χ4n) is 3.55. The maximum atomic E-state index is 13.1. The Morgan fingerprint density at radius 1 is 1.09 bits per heavy atom. The number of aliphatic hydroxyl groups is 1. The molecule has 34 heavy (non-hydrogen) atoms. The molecule has 2 atom stereocenters. The van der Waals surface area contributed by atoms with E-state index in [0.717, 1.165) is 15.4 Å². The molecule has 0 radical (unpaired) electrons. The molecule has 2 aromatic carbocycles. The third-order valence-electron chi connectivity index (χ3n) is 5.59. The molecule has 3 rings (SSSR count). The molecule has 11 heteroatoms. The lowest BCUT2D eigenvalue weighted by Gasteiger charge is -2.22. The molecule has 1 aliphatic rings. The van der Waals surface area contributed by atoms with Crippen LogP contribution in [0.25, 0.3) is 0 Å². The van der Waals surface area contributed by atoms with E-state index in [-0.39, 0.29) is 23.8 Å². The lowest BCUT2D eigenvalue weighted by Crippen LogP contribution is -2.42. The number of aliphatic hydroxyl groups excluding tert-OH is 1. The molecule has 10 nitrogen and oxygen atoms in total. The van der Waals surface area contributed by atoms with Gasteiger partial charge in [-0.15, -0.1) is 0 Å². The van der Waals surface area contributed by atoms with Crippen LogP contribution in [0.5, 0.6) is 0 Å². The molecule has 0 aromatic heterocycles. The number of β-amino-alcohol motifs (C(OH)–C–C–N with tert-alkyl or cyclic N) is 1. The normalized spacial score (nSPS) is 18.4. The molecule has 1 saturated heterocycles. The second kappa shape index (κ2) is 10.3. The van der Waals surface area contributed by atoms with Crippen molar-refractivity contribution in [1.82, 2.24) is 9.62 Å². The average molecular weight is 490 g/mol. The van der Waals surface area contributed by atoms with Crippen molar-refractivity contribution in [3.05, 3.63) is 59.2 Å². The Kier molecular flexibility index (Phi) is 7.70. The second-order valence-electron chi connectivity index (χ2n) is 8.04. The number of esters is 1. The predicted molar refractivity (Wildman–Crippen MR) is 124 cm³/mol. The summed E-state index contributed by atoms with van der Waals surface area (Å²) in [7, 11) is -2.56. The molecule has 0 aliphatic carbocycles. The minimum atomic E-state index is -4.07. The number of rotatable bonds is 7. The first kappa shape index (κ1) is 25.3. The number of anilines is 1. The van der Waals surface area contributed by atoms with E-state index in [2.05, 4.69) is 10.6 Å². The Morgan fingerprint density at radius 2 is 1.76 bits per heavy atom. The third kappa shape index (κ3) is 5.61. The van der Waals surface area contributed by atoms with Gasteiger partial charge in [-0.2, -0.15) is 4.31 Å². The fourth-order valence-corrected chi connectivity index (χ4v) is 5.27. The SMILES string of the molecule is CNC(=O)c1ccc(NC(=O)COC(=O)[C@@H]2CC(O)CN2S(=O)(=O)c2ccc(C)c(C)c2)cc1. The molecule has 0 bridgehead atoms. The van der Waals surface area contributed by atoms with E-state index in [1.54, 1.807) is 13.0 Å². The Morgan fingerprint density at radius 3 is 2.38 bits per heavy atom. The quantitative estimate of drug-likeness (QED) is 0.492. The summed E-state index contributed by atoms with van der Waals surface area (Å²) in [5.74, 6) is -1.83. The molecule has 1 aliphatic heterocycles. The van der Waals surface area contributed by atoms with Gasteiger partial charge in [0.05, 0.1) is 11.0 Å². The van der Waals surface area contributed by atoms with E-state index in [1.165, 1.54) is 43.4 Å². The predicted octanol–water partition coefficient (Wildman–Crippen LogP) is 0.969. The van der Waals surface area contributed by atoms with Crippen LogP contribution in [0.15, 0.2) is 47.4 Å². The van der Waals surface area contributed by atoms with Crippen LogP contribution >= 0.6 is 0 Å². The number of sulfonamides is 1. The Hall–Kier alpha value is -3.28. The molecule has 1 unspecified atom stereocenters. The molecule has 3 N–H and O–H groups in total. The van der Waals surface area contributed by atoms with Crippen molar-refractivity contribution in [2.45, 2.75) is 37.3 Å². The van der Waals surface area contributed by atoms with Gasteiger partial charge in [0.2, 0.25) is 10.0 Å². The first-order valence-corrected chi connectivity index (χ1v) is 12.0. The highest BCUT2D eigenvalue weighted by Gasteiger charge is 2.44. The smallest absolute Gasteiger partial charge is 0.325 e. The summed E-state index contributed by atoms with van der Waals surface area (Å²) in [5.41, 5.74) is 2.51. The highest BCUT2D eigenvalue weighted by atomic mass is 32.2. The summed E-state index contributed by atoms with van der Waals surface area (Å²) in [6, 6.07) is 9.49. The highest BCUT2D eigenvalue weighted by Crippen LogP contribution is 2.28. The molecule has 1 fully saturated rings. The number of hydrogen-bond acceptors (Lipinski definition) is 7.